The number of amides is 3. The van der Waals surface area contributed by atoms with Crippen molar-refractivity contribution in [3.8, 4) is 11.1 Å². The lowest BCUT2D eigenvalue weighted by Gasteiger charge is -2.18. The van der Waals surface area contributed by atoms with Crippen LogP contribution >= 0.6 is 0 Å². The van der Waals surface area contributed by atoms with Gasteiger partial charge in [-0.3, -0.25) is 4.79 Å². The van der Waals surface area contributed by atoms with Crippen LogP contribution in [0.5, 0.6) is 0 Å². The number of hydrogen-bond donors (Lipinski definition) is 4. The highest BCUT2D eigenvalue weighted by Crippen LogP contribution is 2.28. The standard InChI is InChI=1S/C28H27F2N3O5/c1-15-11-16(2)25(17(3)12-15)33-28(38)32-24-14-19(18-7-9-21(29)22(30)13-18)6-8-20(24)26(35)31-23(27(36)37)5-4-10-34/h6-14,23H,4-5H2,1-3H3,(H,31,35)(H,36,37)(H2,32,33,38)/t23-/m0/s1. The van der Waals surface area contributed by atoms with E-state index in [1.54, 1.807) is 0 Å². The molecule has 0 unspecified atom stereocenters. The van der Waals surface area contributed by atoms with Crippen LogP contribution in [-0.4, -0.2) is 35.3 Å². The van der Waals surface area contributed by atoms with Gasteiger partial charge in [0.15, 0.2) is 11.6 Å². The second-order valence-corrected chi connectivity index (χ2v) is 8.85. The van der Waals surface area contributed by atoms with E-state index < -0.39 is 35.6 Å². The molecule has 3 aromatic carbocycles. The van der Waals surface area contributed by atoms with Gasteiger partial charge in [-0.15, -0.1) is 0 Å². The summed E-state index contributed by atoms with van der Waals surface area (Å²) in [6, 6.07) is 9.26. The third kappa shape index (κ3) is 6.78. The molecule has 0 saturated heterocycles. The zero-order chi connectivity index (χ0) is 28.0. The van der Waals surface area contributed by atoms with Crippen molar-refractivity contribution in [3.05, 3.63) is 82.4 Å². The van der Waals surface area contributed by atoms with Gasteiger partial charge in [0.05, 0.1) is 11.3 Å². The van der Waals surface area contributed by atoms with Gasteiger partial charge in [-0.05, 0) is 73.7 Å². The molecule has 0 radical (unpaired) electrons. The first-order valence-corrected chi connectivity index (χ1v) is 11.7. The van der Waals surface area contributed by atoms with Crippen molar-refractivity contribution < 1.29 is 33.1 Å². The molecular weight excluding hydrogens is 496 g/mol. The number of carboxylic acids is 1. The highest BCUT2D eigenvalue weighted by Gasteiger charge is 2.23. The van der Waals surface area contributed by atoms with Crippen LogP contribution in [0.2, 0.25) is 0 Å². The second-order valence-electron chi connectivity index (χ2n) is 8.85. The summed E-state index contributed by atoms with van der Waals surface area (Å²) in [4.78, 5) is 48.2. The minimum Gasteiger partial charge on any atom is -0.480 e. The largest absolute Gasteiger partial charge is 0.480 e. The lowest BCUT2D eigenvalue weighted by molar-refractivity contribution is -0.139. The molecule has 0 heterocycles. The SMILES string of the molecule is Cc1cc(C)c(NC(=O)Nc2cc(-c3ccc(F)c(F)c3)ccc2C(=O)N[C@@H](CCC=O)C(=O)O)c(C)c1. The molecular formula is C28H27F2N3O5. The van der Waals surface area contributed by atoms with Crippen molar-refractivity contribution in [3.63, 3.8) is 0 Å². The molecule has 3 rings (SSSR count). The predicted molar refractivity (Wildman–Crippen MR) is 139 cm³/mol. The topological polar surface area (TPSA) is 125 Å². The average Bonchev–Trinajstić information content (AvgIpc) is 2.85. The minimum atomic E-state index is -1.34. The number of hydrogen-bond acceptors (Lipinski definition) is 4. The summed E-state index contributed by atoms with van der Waals surface area (Å²) in [6.07, 6.45) is 0.354. The van der Waals surface area contributed by atoms with Gasteiger partial charge in [-0.1, -0.05) is 29.8 Å². The van der Waals surface area contributed by atoms with Crippen molar-refractivity contribution >= 4 is 35.6 Å². The number of carbonyl (C=O) groups is 4. The third-order valence-corrected chi connectivity index (χ3v) is 5.86. The molecule has 4 N–H and O–H groups in total. The molecule has 0 aliphatic carbocycles. The number of halogens is 2. The summed E-state index contributed by atoms with van der Waals surface area (Å²) < 4.78 is 27.3. The van der Waals surface area contributed by atoms with Crippen LogP contribution in [0.15, 0.2) is 48.5 Å². The molecule has 0 spiro atoms. The Bertz CT molecular complexity index is 1380. The molecule has 0 aliphatic heterocycles. The molecule has 0 aliphatic rings. The van der Waals surface area contributed by atoms with E-state index in [0.717, 1.165) is 28.8 Å². The first-order valence-electron chi connectivity index (χ1n) is 11.7. The van der Waals surface area contributed by atoms with E-state index in [2.05, 4.69) is 16.0 Å². The molecule has 3 amide bonds. The number of aryl methyl sites for hydroxylation is 3. The third-order valence-electron chi connectivity index (χ3n) is 5.86. The fraction of sp³-hybridized carbons (Fsp3) is 0.214. The number of carboxylic acid groups (broad SMARTS) is 1. The Hall–Kier alpha value is -4.60. The molecule has 0 aromatic heterocycles. The van der Waals surface area contributed by atoms with Crippen molar-refractivity contribution in [1.82, 2.24) is 5.32 Å². The quantitative estimate of drug-likeness (QED) is 0.281. The Balaban J connectivity index is 1.97. The number of rotatable bonds is 9. The summed E-state index contributed by atoms with van der Waals surface area (Å²) in [5.41, 5.74) is 3.84. The summed E-state index contributed by atoms with van der Waals surface area (Å²) in [5.74, 6) is -4.22. The highest BCUT2D eigenvalue weighted by molar-refractivity contribution is 6.08. The van der Waals surface area contributed by atoms with Gasteiger partial charge in [0, 0.05) is 12.1 Å². The van der Waals surface area contributed by atoms with Crippen LogP contribution in [0.4, 0.5) is 25.0 Å². The summed E-state index contributed by atoms with van der Waals surface area (Å²) in [5, 5.41) is 17.1. The Morgan fingerprint density at radius 3 is 2.13 bits per heavy atom. The van der Waals surface area contributed by atoms with Crippen LogP contribution in [0.1, 0.15) is 39.9 Å². The molecule has 10 heteroatoms. The maximum atomic E-state index is 13.9. The number of aliphatic carboxylic acids is 1. The van der Waals surface area contributed by atoms with Crippen LogP contribution < -0.4 is 16.0 Å². The number of benzene rings is 3. The molecule has 3 aromatic rings. The Morgan fingerprint density at radius 2 is 1.53 bits per heavy atom. The van der Waals surface area contributed by atoms with E-state index in [4.69, 9.17) is 0 Å². The maximum Gasteiger partial charge on any atom is 0.326 e. The normalized spacial score (nSPS) is 11.4. The Morgan fingerprint density at radius 1 is 0.895 bits per heavy atom. The van der Waals surface area contributed by atoms with Crippen molar-refractivity contribution in [2.24, 2.45) is 0 Å². The van der Waals surface area contributed by atoms with Gasteiger partial charge < -0.3 is 25.9 Å². The molecule has 0 bridgehead atoms. The predicted octanol–water partition coefficient (Wildman–Crippen LogP) is 5.36. The summed E-state index contributed by atoms with van der Waals surface area (Å²) in [6.45, 7) is 5.60. The van der Waals surface area contributed by atoms with E-state index in [1.807, 2.05) is 32.9 Å². The molecule has 0 saturated carbocycles. The fourth-order valence-corrected chi connectivity index (χ4v) is 4.07. The molecule has 8 nitrogen and oxygen atoms in total. The maximum absolute atomic E-state index is 13.9. The Labute approximate surface area is 218 Å². The monoisotopic (exact) mass is 523 g/mol. The number of carbonyl (C=O) groups excluding carboxylic acids is 3. The molecule has 198 valence electrons. The fourth-order valence-electron chi connectivity index (χ4n) is 4.07. The van der Waals surface area contributed by atoms with E-state index >= 15 is 0 Å². The minimum absolute atomic E-state index is 0.00387. The van der Waals surface area contributed by atoms with E-state index in [1.165, 1.54) is 24.3 Å². The zero-order valence-electron chi connectivity index (χ0n) is 21.0. The number of urea groups is 1. The van der Waals surface area contributed by atoms with Crippen molar-refractivity contribution in [1.29, 1.82) is 0 Å². The van der Waals surface area contributed by atoms with Crippen LogP contribution in [-0.2, 0) is 9.59 Å². The highest BCUT2D eigenvalue weighted by atomic mass is 19.2. The van der Waals surface area contributed by atoms with Crippen LogP contribution in [0.25, 0.3) is 11.1 Å². The first-order chi connectivity index (χ1) is 18.0. The summed E-state index contributed by atoms with van der Waals surface area (Å²) >= 11 is 0. The van der Waals surface area contributed by atoms with Crippen molar-refractivity contribution in [2.45, 2.75) is 39.7 Å². The van der Waals surface area contributed by atoms with Gasteiger partial charge >= 0.3 is 12.0 Å². The number of aldehydes is 1. The summed E-state index contributed by atoms with van der Waals surface area (Å²) in [7, 11) is 0. The first kappa shape index (κ1) is 28.0. The zero-order valence-corrected chi connectivity index (χ0v) is 21.0. The van der Waals surface area contributed by atoms with Gasteiger partial charge in [-0.25, -0.2) is 18.4 Å². The van der Waals surface area contributed by atoms with Crippen molar-refractivity contribution in [2.75, 3.05) is 10.6 Å². The average molecular weight is 524 g/mol. The van der Waals surface area contributed by atoms with Gasteiger partial charge in [0.1, 0.15) is 12.3 Å². The molecule has 0 fully saturated rings. The molecule has 1 atom stereocenters. The van der Waals surface area contributed by atoms with Crippen LogP contribution in [0, 0.1) is 32.4 Å². The van der Waals surface area contributed by atoms with E-state index in [0.29, 0.717) is 23.1 Å². The number of nitrogens with one attached hydrogen (secondary N) is 3. The molecule has 38 heavy (non-hydrogen) atoms. The lowest BCUT2D eigenvalue weighted by Crippen LogP contribution is -2.41. The van der Waals surface area contributed by atoms with E-state index in [9.17, 15) is 33.1 Å². The van der Waals surface area contributed by atoms with Gasteiger partial charge in [-0.2, -0.15) is 0 Å². The Kier molecular flexibility index (Phi) is 8.90. The second kappa shape index (κ2) is 12.1. The van der Waals surface area contributed by atoms with E-state index in [-0.39, 0.29) is 24.1 Å². The van der Waals surface area contributed by atoms with Gasteiger partial charge in [0.2, 0.25) is 0 Å². The van der Waals surface area contributed by atoms with Crippen LogP contribution in [0.3, 0.4) is 0 Å². The van der Waals surface area contributed by atoms with Gasteiger partial charge in [0.25, 0.3) is 5.91 Å². The smallest absolute Gasteiger partial charge is 0.326 e. The number of anilines is 2. The lowest BCUT2D eigenvalue weighted by atomic mass is 10.0.